The molecule has 1 N–H and O–H groups in total. The van der Waals surface area contributed by atoms with Crippen molar-refractivity contribution in [3.63, 3.8) is 0 Å². The van der Waals surface area contributed by atoms with Gasteiger partial charge in [-0.3, -0.25) is 0 Å². The molecule has 0 unspecified atom stereocenters. The molecule has 0 aromatic carbocycles. The summed E-state index contributed by atoms with van der Waals surface area (Å²) in [6, 6.07) is 1.52. The van der Waals surface area contributed by atoms with E-state index in [1.54, 1.807) is 0 Å². The summed E-state index contributed by atoms with van der Waals surface area (Å²) in [5.41, 5.74) is 0. The maximum atomic E-state index is 9.92. The highest BCUT2D eigenvalue weighted by atomic mass is 16.3. The molecule has 2 aliphatic rings. The number of hydrogen-bond acceptors (Lipinski definition) is 1. The Kier molecular flexibility index (Phi) is 6.35. The lowest BCUT2D eigenvalue weighted by molar-refractivity contribution is -0.949. The molecular formula is C18H36NO+. The average Bonchev–Trinajstić information content (AvgIpc) is 2.62. The topological polar surface area (TPSA) is 20.2 Å². The fourth-order valence-corrected chi connectivity index (χ4v) is 4.67. The molecule has 0 aliphatic carbocycles. The minimum absolute atomic E-state index is 0.00253. The van der Waals surface area contributed by atoms with Crippen molar-refractivity contribution >= 4 is 0 Å². The highest BCUT2D eigenvalue weighted by molar-refractivity contribution is 4.85. The van der Waals surface area contributed by atoms with Crippen molar-refractivity contribution in [1.29, 1.82) is 0 Å². The molecule has 2 fully saturated rings. The Hall–Kier alpha value is -0.0800. The second-order valence-corrected chi connectivity index (χ2v) is 7.56. The van der Waals surface area contributed by atoms with E-state index in [0.29, 0.717) is 0 Å². The Bertz CT molecular complexity index is 265. The zero-order chi connectivity index (χ0) is 14.4. The standard InChI is InChI=1S/C18H36NO/c1-3-4-5-6-7-8-9-10-13-19(2)16-11-12-17(19)15-18(20)14-16/h16-18,20H,3-15H2,1-2H3/q+1/t16-,17-,18?,19?/m1/s1. The van der Waals surface area contributed by atoms with Crippen LogP contribution >= 0.6 is 0 Å². The summed E-state index contributed by atoms with van der Waals surface area (Å²) < 4.78 is 1.28. The molecule has 0 aromatic heterocycles. The van der Waals surface area contributed by atoms with E-state index in [1.807, 2.05) is 0 Å². The van der Waals surface area contributed by atoms with E-state index in [9.17, 15) is 5.11 Å². The van der Waals surface area contributed by atoms with Crippen molar-refractivity contribution in [3.05, 3.63) is 0 Å². The lowest BCUT2D eigenvalue weighted by Crippen LogP contribution is -2.58. The summed E-state index contributed by atoms with van der Waals surface area (Å²) in [6.07, 6.45) is 16.2. The highest BCUT2D eigenvalue weighted by Gasteiger charge is 2.50. The maximum absolute atomic E-state index is 9.92. The number of fused-ring (bicyclic) bond motifs is 2. The number of nitrogens with zero attached hydrogens (tertiary/aromatic N) is 1. The predicted octanol–water partition coefficient (Wildman–Crippen LogP) is 4.26. The molecule has 118 valence electrons. The first-order chi connectivity index (χ1) is 9.66. The Morgan fingerprint density at radius 3 is 1.90 bits per heavy atom. The van der Waals surface area contributed by atoms with Gasteiger partial charge in [0.15, 0.2) is 0 Å². The SMILES string of the molecule is CCCCCCCCCC[N+]1(C)[C@@H]2CC[C@@H]1CC(O)C2. The first-order valence-corrected chi connectivity index (χ1v) is 9.19. The summed E-state index contributed by atoms with van der Waals surface area (Å²) in [4.78, 5) is 0. The number of unbranched alkanes of at least 4 members (excludes halogenated alkanes) is 7. The minimum atomic E-state index is -0.00253. The quantitative estimate of drug-likeness (QED) is 0.495. The number of quaternary nitrogens is 1. The molecule has 2 aliphatic heterocycles. The van der Waals surface area contributed by atoms with Gasteiger partial charge >= 0.3 is 0 Å². The molecule has 0 amide bonds. The number of aliphatic hydroxyl groups is 1. The molecule has 2 nitrogen and oxygen atoms in total. The van der Waals surface area contributed by atoms with Crippen LogP contribution in [0.25, 0.3) is 0 Å². The smallest absolute Gasteiger partial charge is 0.0917 e. The maximum Gasteiger partial charge on any atom is 0.0917 e. The van der Waals surface area contributed by atoms with E-state index < -0.39 is 0 Å². The monoisotopic (exact) mass is 282 g/mol. The Labute approximate surface area is 126 Å². The third kappa shape index (κ3) is 3.98. The lowest BCUT2D eigenvalue weighted by Gasteiger charge is -2.46. The largest absolute Gasteiger partial charge is 0.393 e. The van der Waals surface area contributed by atoms with Crippen molar-refractivity contribution in [3.8, 4) is 0 Å². The second-order valence-electron chi connectivity index (χ2n) is 7.56. The average molecular weight is 282 g/mol. The summed E-state index contributed by atoms with van der Waals surface area (Å²) in [6.45, 7) is 3.64. The predicted molar refractivity (Wildman–Crippen MR) is 85.7 cm³/mol. The summed E-state index contributed by atoms with van der Waals surface area (Å²) >= 11 is 0. The van der Waals surface area contributed by atoms with Gasteiger partial charge in [0.1, 0.15) is 0 Å². The Morgan fingerprint density at radius 2 is 1.35 bits per heavy atom. The Balaban J connectivity index is 1.60. The van der Waals surface area contributed by atoms with Crippen molar-refractivity contribution < 1.29 is 9.59 Å². The van der Waals surface area contributed by atoms with Gasteiger partial charge in [-0.15, -0.1) is 0 Å². The summed E-state index contributed by atoms with van der Waals surface area (Å²) in [7, 11) is 2.47. The van der Waals surface area contributed by atoms with Gasteiger partial charge in [0, 0.05) is 25.7 Å². The van der Waals surface area contributed by atoms with E-state index in [0.717, 1.165) is 24.9 Å². The van der Waals surface area contributed by atoms with Crippen molar-refractivity contribution in [2.24, 2.45) is 0 Å². The minimum Gasteiger partial charge on any atom is -0.393 e. The summed E-state index contributed by atoms with van der Waals surface area (Å²) in [5.74, 6) is 0. The summed E-state index contributed by atoms with van der Waals surface area (Å²) in [5, 5.41) is 9.92. The van der Waals surface area contributed by atoms with Crippen LogP contribution in [0, 0.1) is 0 Å². The van der Waals surface area contributed by atoms with Gasteiger partial charge in [0.05, 0.1) is 31.8 Å². The van der Waals surface area contributed by atoms with E-state index in [1.165, 1.54) is 75.2 Å². The molecule has 2 rings (SSSR count). The van der Waals surface area contributed by atoms with E-state index in [2.05, 4.69) is 14.0 Å². The van der Waals surface area contributed by atoms with Gasteiger partial charge in [0.2, 0.25) is 0 Å². The van der Waals surface area contributed by atoms with Gasteiger partial charge in [0.25, 0.3) is 0 Å². The molecule has 2 heteroatoms. The van der Waals surface area contributed by atoms with Gasteiger partial charge < -0.3 is 9.59 Å². The van der Waals surface area contributed by atoms with Crippen molar-refractivity contribution in [2.45, 2.75) is 102 Å². The molecule has 0 saturated carbocycles. The van der Waals surface area contributed by atoms with Gasteiger partial charge in [-0.25, -0.2) is 0 Å². The molecule has 2 heterocycles. The normalized spacial score (nSPS) is 36.5. The third-order valence-electron chi connectivity index (χ3n) is 6.08. The zero-order valence-electron chi connectivity index (χ0n) is 13.8. The molecule has 20 heavy (non-hydrogen) atoms. The van der Waals surface area contributed by atoms with Crippen LogP contribution in [0.2, 0.25) is 0 Å². The molecule has 2 saturated heterocycles. The molecular weight excluding hydrogens is 246 g/mol. The van der Waals surface area contributed by atoms with Gasteiger partial charge in [-0.05, 0) is 12.8 Å². The molecule has 0 spiro atoms. The van der Waals surface area contributed by atoms with E-state index in [4.69, 9.17) is 0 Å². The fourth-order valence-electron chi connectivity index (χ4n) is 4.67. The molecule has 2 atom stereocenters. The first-order valence-electron chi connectivity index (χ1n) is 9.19. The van der Waals surface area contributed by atoms with Crippen LogP contribution in [0.5, 0.6) is 0 Å². The van der Waals surface area contributed by atoms with Crippen LogP contribution in [0.3, 0.4) is 0 Å². The van der Waals surface area contributed by atoms with E-state index in [-0.39, 0.29) is 6.10 Å². The van der Waals surface area contributed by atoms with E-state index >= 15 is 0 Å². The number of hydrogen-bond donors (Lipinski definition) is 1. The van der Waals surface area contributed by atoms with Crippen molar-refractivity contribution in [2.75, 3.05) is 13.6 Å². The second kappa shape index (κ2) is 7.79. The van der Waals surface area contributed by atoms with Gasteiger partial charge in [-0.1, -0.05) is 45.4 Å². The van der Waals surface area contributed by atoms with Crippen LogP contribution in [0.4, 0.5) is 0 Å². The van der Waals surface area contributed by atoms with Gasteiger partial charge in [-0.2, -0.15) is 0 Å². The Morgan fingerprint density at radius 1 is 0.850 bits per heavy atom. The molecule has 0 radical (unpaired) electrons. The third-order valence-corrected chi connectivity index (χ3v) is 6.08. The molecule has 0 aromatic rings. The zero-order valence-corrected chi connectivity index (χ0v) is 13.8. The highest BCUT2D eigenvalue weighted by Crippen LogP contribution is 2.41. The van der Waals surface area contributed by atoms with Crippen molar-refractivity contribution in [1.82, 2.24) is 0 Å². The lowest BCUT2D eigenvalue weighted by atomic mass is 9.96. The first kappa shape index (κ1) is 16.3. The fraction of sp³-hybridized carbons (Fsp3) is 1.00. The van der Waals surface area contributed by atoms with Crippen LogP contribution in [-0.4, -0.2) is 41.4 Å². The van der Waals surface area contributed by atoms with Crippen LogP contribution in [0.1, 0.15) is 84.0 Å². The molecule has 2 bridgehead atoms. The number of piperidine rings is 1. The number of rotatable bonds is 9. The number of aliphatic hydroxyl groups excluding tert-OH is 1. The van der Waals surface area contributed by atoms with Crippen LogP contribution in [0.15, 0.2) is 0 Å². The van der Waals surface area contributed by atoms with Crippen LogP contribution < -0.4 is 0 Å². The van der Waals surface area contributed by atoms with Crippen LogP contribution in [-0.2, 0) is 0 Å².